The summed E-state index contributed by atoms with van der Waals surface area (Å²) in [6.07, 6.45) is 1.68. The Kier molecular flexibility index (Phi) is 3.42. The molecule has 3 heteroatoms. The maximum Gasteiger partial charge on any atom is 0.152 e. The van der Waals surface area contributed by atoms with Crippen molar-refractivity contribution in [1.29, 1.82) is 0 Å². The van der Waals surface area contributed by atoms with E-state index >= 15 is 0 Å². The van der Waals surface area contributed by atoms with Crippen molar-refractivity contribution in [2.75, 3.05) is 5.32 Å². The summed E-state index contributed by atoms with van der Waals surface area (Å²) < 4.78 is 0. The molecule has 2 aromatic rings. The molecule has 0 aliphatic rings. The van der Waals surface area contributed by atoms with Gasteiger partial charge in [0.1, 0.15) is 0 Å². The van der Waals surface area contributed by atoms with Crippen LogP contribution in [0, 0.1) is 6.92 Å². The molecule has 0 saturated heterocycles. The molecule has 0 amide bonds. The van der Waals surface area contributed by atoms with Crippen molar-refractivity contribution in [3.8, 4) is 0 Å². The van der Waals surface area contributed by atoms with Gasteiger partial charge >= 0.3 is 0 Å². The largest absolute Gasteiger partial charge is 0.378 e. The summed E-state index contributed by atoms with van der Waals surface area (Å²) in [5, 5.41) is 3.77. The van der Waals surface area contributed by atoms with Crippen molar-refractivity contribution < 1.29 is 0 Å². The number of hydrogen-bond acceptors (Lipinski definition) is 2. The van der Waals surface area contributed by atoms with Crippen molar-refractivity contribution in [2.24, 2.45) is 0 Å². The molecule has 0 spiro atoms. The van der Waals surface area contributed by atoms with Gasteiger partial charge in [0.05, 0.1) is 5.69 Å². The van der Waals surface area contributed by atoms with Crippen LogP contribution in [-0.2, 0) is 6.54 Å². The molecule has 1 N–H and O–H groups in total. The molecule has 1 aromatic carbocycles. The molecule has 0 saturated carbocycles. The van der Waals surface area contributed by atoms with E-state index in [-0.39, 0.29) is 0 Å². The predicted octanol–water partition coefficient (Wildman–Crippen LogP) is 3.66. The van der Waals surface area contributed by atoms with Crippen LogP contribution in [0.4, 0.5) is 5.69 Å². The Bertz CT molecular complexity index is 483. The third-order valence-electron chi connectivity index (χ3n) is 2.32. The van der Waals surface area contributed by atoms with Gasteiger partial charge in [-0.3, -0.25) is 0 Å². The van der Waals surface area contributed by atoms with E-state index in [0.717, 1.165) is 12.2 Å². The van der Waals surface area contributed by atoms with E-state index in [1.165, 1.54) is 11.1 Å². The van der Waals surface area contributed by atoms with E-state index in [0.29, 0.717) is 5.15 Å². The Morgan fingerprint density at radius 1 is 1.25 bits per heavy atom. The van der Waals surface area contributed by atoms with Crippen LogP contribution in [0.25, 0.3) is 0 Å². The first-order valence-electron chi connectivity index (χ1n) is 5.15. The second-order valence-electron chi connectivity index (χ2n) is 3.68. The van der Waals surface area contributed by atoms with E-state index in [2.05, 4.69) is 41.5 Å². The van der Waals surface area contributed by atoms with Crippen LogP contribution in [0.3, 0.4) is 0 Å². The summed E-state index contributed by atoms with van der Waals surface area (Å²) in [5.41, 5.74) is 3.36. The molecule has 0 atom stereocenters. The number of hydrogen-bond donors (Lipinski definition) is 1. The first kappa shape index (κ1) is 11.0. The lowest BCUT2D eigenvalue weighted by Gasteiger charge is -2.07. The minimum Gasteiger partial charge on any atom is -0.378 e. The number of benzene rings is 1. The first-order valence-corrected chi connectivity index (χ1v) is 5.53. The van der Waals surface area contributed by atoms with Crippen LogP contribution < -0.4 is 5.32 Å². The molecule has 2 rings (SSSR count). The lowest BCUT2D eigenvalue weighted by Crippen LogP contribution is -2.00. The van der Waals surface area contributed by atoms with E-state index < -0.39 is 0 Å². The van der Waals surface area contributed by atoms with Gasteiger partial charge in [0.2, 0.25) is 0 Å². The zero-order chi connectivity index (χ0) is 11.4. The van der Waals surface area contributed by atoms with Crippen LogP contribution in [0.5, 0.6) is 0 Å². The van der Waals surface area contributed by atoms with Gasteiger partial charge in [0.25, 0.3) is 0 Å². The number of anilines is 1. The summed E-state index contributed by atoms with van der Waals surface area (Å²) in [5.74, 6) is 0. The summed E-state index contributed by atoms with van der Waals surface area (Å²) in [4.78, 5) is 4.01. The lowest BCUT2D eigenvalue weighted by molar-refractivity contribution is 1.13. The Hall–Kier alpha value is -1.54. The maximum atomic E-state index is 5.95. The average Bonchev–Trinajstić information content (AvgIpc) is 2.28. The molecule has 0 fully saturated rings. The molecule has 0 aliphatic heterocycles. The van der Waals surface area contributed by atoms with Gasteiger partial charge in [-0.25, -0.2) is 4.98 Å². The molecule has 1 heterocycles. The second-order valence-corrected chi connectivity index (χ2v) is 4.04. The van der Waals surface area contributed by atoms with Gasteiger partial charge in [-0.15, -0.1) is 0 Å². The Labute approximate surface area is 100 Å². The van der Waals surface area contributed by atoms with Crippen LogP contribution in [-0.4, -0.2) is 4.98 Å². The summed E-state index contributed by atoms with van der Waals surface area (Å²) >= 11 is 5.95. The average molecular weight is 233 g/mol. The number of halogens is 1. The van der Waals surface area contributed by atoms with Gasteiger partial charge in [0, 0.05) is 12.7 Å². The Balaban J connectivity index is 2.05. The maximum absolute atomic E-state index is 5.95. The predicted molar refractivity (Wildman–Crippen MR) is 67.8 cm³/mol. The molecular formula is C13H13ClN2. The quantitative estimate of drug-likeness (QED) is 0.817. The van der Waals surface area contributed by atoms with E-state index in [4.69, 9.17) is 11.6 Å². The second kappa shape index (κ2) is 4.99. The van der Waals surface area contributed by atoms with Crippen molar-refractivity contribution >= 4 is 17.3 Å². The summed E-state index contributed by atoms with van der Waals surface area (Å²) in [6.45, 7) is 2.84. The summed E-state index contributed by atoms with van der Waals surface area (Å²) in [7, 11) is 0. The van der Waals surface area contributed by atoms with Gasteiger partial charge in [-0.1, -0.05) is 41.4 Å². The molecule has 2 nitrogen and oxygen atoms in total. The molecule has 0 unspecified atom stereocenters. The molecule has 1 aromatic heterocycles. The number of nitrogens with zero attached hydrogens (tertiary/aromatic N) is 1. The third kappa shape index (κ3) is 2.74. The van der Waals surface area contributed by atoms with Crippen LogP contribution in [0.1, 0.15) is 11.1 Å². The number of rotatable bonds is 3. The highest BCUT2D eigenvalue weighted by Crippen LogP contribution is 2.18. The van der Waals surface area contributed by atoms with E-state index in [9.17, 15) is 0 Å². The normalized spacial score (nSPS) is 10.1. The highest BCUT2D eigenvalue weighted by Gasteiger charge is 1.99. The molecule has 0 radical (unpaired) electrons. The molecule has 0 bridgehead atoms. The minimum atomic E-state index is 0.509. The highest BCUT2D eigenvalue weighted by atomic mass is 35.5. The zero-order valence-corrected chi connectivity index (χ0v) is 9.83. The number of aromatic nitrogens is 1. The van der Waals surface area contributed by atoms with Gasteiger partial charge in [-0.05, 0) is 24.6 Å². The smallest absolute Gasteiger partial charge is 0.152 e. The van der Waals surface area contributed by atoms with Gasteiger partial charge < -0.3 is 5.32 Å². The van der Waals surface area contributed by atoms with E-state index in [1.54, 1.807) is 6.20 Å². The molecule has 16 heavy (non-hydrogen) atoms. The number of nitrogens with one attached hydrogen (secondary N) is 1. The standard InChI is InChI=1S/C13H13ClN2/c1-10-4-2-5-11(8-10)9-16-12-6-3-7-15-13(12)14/h2-8,16H,9H2,1H3. The molecule has 0 aliphatic carbocycles. The SMILES string of the molecule is Cc1cccc(CNc2cccnc2Cl)c1. The van der Waals surface area contributed by atoms with Crippen LogP contribution in [0.2, 0.25) is 5.15 Å². The highest BCUT2D eigenvalue weighted by molar-refractivity contribution is 6.31. The fourth-order valence-corrected chi connectivity index (χ4v) is 1.72. The monoisotopic (exact) mass is 232 g/mol. The van der Waals surface area contributed by atoms with Crippen molar-refractivity contribution in [3.63, 3.8) is 0 Å². The zero-order valence-electron chi connectivity index (χ0n) is 9.07. The first-order chi connectivity index (χ1) is 7.75. The van der Waals surface area contributed by atoms with Crippen LogP contribution in [0.15, 0.2) is 42.6 Å². The Morgan fingerprint density at radius 2 is 2.12 bits per heavy atom. The topological polar surface area (TPSA) is 24.9 Å². The Morgan fingerprint density at radius 3 is 2.88 bits per heavy atom. The molecular weight excluding hydrogens is 220 g/mol. The summed E-state index contributed by atoms with van der Waals surface area (Å²) in [6, 6.07) is 12.2. The fourth-order valence-electron chi connectivity index (χ4n) is 1.54. The van der Waals surface area contributed by atoms with Crippen molar-refractivity contribution in [2.45, 2.75) is 13.5 Å². The number of aryl methyl sites for hydroxylation is 1. The van der Waals surface area contributed by atoms with Crippen LogP contribution >= 0.6 is 11.6 Å². The third-order valence-corrected chi connectivity index (χ3v) is 2.63. The molecule has 82 valence electrons. The van der Waals surface area contributed by atoms with Gasteiger partial charge in [0.15, 0.2) is 5.15 Å². The van der Waals surface area contributed by atoms with E-state index in [1.807, 2.05) is 12.1 Å². The van der Waals surface area contributed by atoms with Gasteiger partial charge in [-0.2, -0.15) is 0 Å². The van der Waals surface area contributed by atoms with Crippen molar-refractivity contribution in [3.05, 3.63) is 58.9 Å². The fraction of sp³-hybridized carbons (Fsp3) is 0.154. The lowest BCUT2D eigenvalue weighted by atomic mass is 10.1. The van der Waals surface area contributed by atoms with Crippen molar-refractivity contribution in [1.82, 2.24) is 4.98 Å². The minimum absolute atomic E-state index is 0.509. The number of pyridine rings is 1.